The molecular weight excluding hydrogens is 557 g/mol. The Balaban J connectivity index is 1.29. The van der Waals surface area contributed by atoms with E-state index in [9.17, 15) is 28.1 Å². The Labute approximate surface area is 229 Å². The Morgan fingerprint density at radius 3 is 2.05 bits per heavy atom. The summed E-state index contributed by atoms with van der Waals surface area (Å²) >= 11 is 6.03. The van der Waals surface area contributed by atoms with E-state index in [1.807, 2.05) is 0 Å². The second-order valence-corrected chi connectivity index (χ2v) is 8.49. The number of halogens is 4. The number of benzene rings is 3. The highest BCUT2D eigenvalue weighted by molar-refractivity contribution is 6.32. The molecule has 0 fully saturated rings. The molecule has 1 heterocycles. The number of esters is 1. The zero-order chi connectivity index (χ0) is 28.9. The number of carbonyl (C=O) groups excluding carboxylic acids is 1. The van der Waals surface area contributed by atoms with E-state index in [0.29, 0.717) is 23.4 Å². The molecule has 1 atom stereocenters. The maximum Gasteiger partial charge on any atom is 0.417 e. The van der Waals surface area contributed by atoms with E-state index in [1.165, 1.54) is 73.7 Å². The van der Waals surface area contributed by atoms with Gasteiger partial charge in [0.25, 0.3) is 5.69 Å². The number of hydrogen-bond acceptors (Lipinski definition) is 8. The minimum absolute atomic E-state index is 0.0223. The fourth-order valence-electron chi connectivity index (χ4n) is 3.16. The molecule has 0 aliphatic heterocycles. The van der Waals surface area contributed by atoms with Crippen LogP contribution < -0.4 is 18.9 Å². The minimum Gasteiger partial charge on any atom is -0.479 e. The van der Waals surface area contributed by atoms with Gasteiger partial charge >= 0.3 is 12.1 Å². The Hall–Kier alpha value is -4.84. The van der Waals surface area contributed by atoms with Gasteiger partial charge in [-0.25, -0.2) is 9.78 Å². The fraction of sp³-hybridized carbons (Fsp3) is 0.111. The van der Waals surface area contributed by atoms with E-state index in [-0.39, 0.29) is 28.1 Å². The summed E-state index contributed by atoms with van der Waals surface area (Å²) in [6.45, 7) is 1.49. The van der Waals surface area contributed by atoms with Crippen LogP contribution in [0.15, 0.2) is 85.1 Å². The first-order valence-electron chi connectivity index (χ1n) is 11.4. The maximum absolute atomic E-state index is 12.7. The van der Waals surface area contributed by atoms with Crippen LogP contribution in [-0.2, 0) is 11.0 Å². The third kappa shape index (κ3) is 7.38. The summed E-state index contributed by atoms with van der Waals surface area (Å²) in [4.78, 5) is 26.4. The highest BCUT2D eigenvalue weighted by Gasteiger charge is 2.30. The normalized spacial score (nSPS) is 11.8. The highest BCUT2D eigenvalue weighted by Crippen LogP contribution is 2.33. The standard InChI is InChI=1S/C27H18ClF3N2O7/c1-16(37-19-4-8-21(9-5-19)39-25-13-2-17(15-32-25)27(29,30)31)26(34)40-22-10-6-20(7-11-22)38-24-12-3-18(33(35)36)14-23(24)28/h2-16H,1H3. The fourth-order valence-corrected chi connectivity index (χ4v) is 3.37. The van der Waals surface area contributed by atoms with Gasteiger partial charge in [0.1, 0.15) is 28.7 Å². The van der Waals surface area contributed by atoms with Crippen molar-refractivity contribution in [1.29, 1.82) is 0 Å². The van der Waals surface area contributed by atoms with Gasteiger partial charge in [-0.1, -0.05) is 11.6 Å². The van der Waals surface area contributed by atoms with Gasteiger partial charge in [-0.05, 0) is 67.6 Å². The van der Waals surface area contributed by atoms with Crippen LogP contribution in [0.4, 0.5) is 18.9 Å². The molecule has 13 heteroatoms. The summed E-state index contributed by atoms with van der Waals surface area (Å²) in [5.41, 5.74) is -1.06. The molecule has 0 amide bonds. The number of ether oxygens (including phenoxy) is 4. The van der Waals surface area contributed by atoms with Crippen molar-refractivity contribution in [2.24, 2.45) is 0 Å². The Morgan fingerprint density at radius 1 is 0.900 bits per heavy atom. The summed E-state index contributed by atoms with van der Waals surface area (Å²) < 4.78 is 59.9. The molecule has 0 radical (unpaired) electrons. The minimum atomic E-state index is -4.49. The highest BCUT2D eigenvalue weighted by atomic mass is 35.5. The van der Waals surface area contributed by atoms with Crippen LogP contribution in [0.5, 0.6) is 34.6 Å². The third-order valence-electron chi connectivity index (χ3n) is 5.15. The molecule has 1 aromatic heterocycles. The molecule has 4 rings (SSSR count). The lowest BCUT2D eigenvalue weighted by atomic mass is 10.3. The lowest BCUT2D eigenvalue weighted by Crippen LogP contribution is -2.28. The number of aromatic nitrogens is 1. The average molecular weight is 575 g/mol. The first-order valence-corrected chi connectivity index (χ1v) is 11.8. The SMILES string of the molecule is CC(Oc1ccc(Oc2ccc(C(F)(F)F)cn2)cc1)C(=O)Oc1ccc(Oc2ccc([N+](=O)[O-])cc2Cl)cc1. The van der Waals surface area contributed by atoms with Crippen molar-refractivity contribution in [3.63, 3.8) is 0 Å². The zero-order valence-corrected chi connectivity index (χ0v) is 21.2. The lowest BCUT2D eigenvalue weighted by molar-refractivity contribution is -0.384. The molecule has 1 unspecified atom stereocenters. The summed E-state index contributed by atoms with van der Waals surface area (Å²) in [6, 6.07) is 17.8. The van der Waals surface area contributed by atoms with Gasteiger partial charge in [-0.15, -0.1) is 0 Å². The topological polar surface area (TPSA) is 110 Å². The van der Waals surface area contributed by atoms with Crippen LogP contribution in [-0.4, -0.2) is 22.0 Å². The maximum atomic E-state index is 12.7. The van der Waals surface area contributed by atoms with Crippen molar-refractivity contribution < 1.29 is 41.8 Å². The van der Waals surface area contributed by atoms with Gasteiger partial charge in [0.2, 0.25) is 5.88 Å². The number of nitro benzene ring substituents is 1. The predicted molar refractivity (Wildman–Crippen MR) is 136 cm³/mol. The quantitative estimate of drug-likeness (QED) is 0.0869. The number of non-ortho nitro benzene ring substituents is 1. The van der Waals surface area contributed by atoms with Crippen molar-refractivity contribution >= 4 is 23.3 Å². The molecule has 0 N–H and O–H groups in total. The van der Waals surface area contributed by atoms with Crippen molar-refractivity contribution in [2.45, 2.75) is 19.2 Å². The van der Waals surface area contributed by atoms with Crippen LogP contribution in [0.3, 0.4) is 0 Å². The average Bonchev–Trinajstić information content (AvgIpc) is 2.91. The van der Waals surface area contributed by atoms with E-state index >= 15 is 0 Å². The van der Waals surface area contributed by atoms with Crippen molar-refractivity contribution in [2.75, 3.05) is 0 Å². The summed E-state index contributed by atoms with van der Waals surface area (Å²) in [5.74, 6) is 0.704. The number of hydrogen-bond donors (Lipinski definition) is 0. The Morgan fingerprint density at radius 2 is 1.50 bits per heavy atom. The molecular formula is C27H18ClF3N2O7. The zero-order valence-electron chi connectivity index (χ0n) is 20.4. The van der Waals surface area contributed by atoms with Crippen molar-refractivity contribution in [1.82, 2.24) is 4.98 Å². The molecule has 3 aromatic carbocycles. The number of nitro groups is 1. The van der Waals surface area contributed by atoms with Crippen LogP contribution in [0.2, 0.25) is 5.02 Å². The van der Waals surface area contributed by atoms with Crippen molar-refractivity contribution in [3.8, 4) is 34.6 Å². The van der Waals surface area contributed by atoms with Crippen LogP contribution in [0, 0.1) is 10.1 Å². The van der Waals surface area contributed by atoms with Crippen LogP contribution in [0.25, 0.3) is 0 Å². The summed E-state index contributed by atoms with van der Waals surface area (Å²) in [6.07, 6.45) is -4.81. The third-order valence-corrected chi connectivity index (χ3v) is 5.45. The number of nitrogens with zero attached hydrogens (tertiary/aromatic N) is 2. The molecule has 0 aliphatic carbocycles. The molecule has 0 saturated heterocycles. The monoisotopic (exact) mass is 574 g/mol. The molecule has 4 aromatic rings. The van der Waals surface area contributed by atoms with Gasteiger partial charge in [-0.3, -0.25) is 10.1 Å². The summed E-state index contributed by atoms with van der Waals surface area (Å²) in [7, 11) is 0. The summed E-state index contributed by atoms with van der Waals surface area (Å²) in [5, 5.41) is 10.9. The van der Waals surface area contributed by atoms with Gasteiger partial charge in [0, 0.05) is 24.4 Å². The lowest BCUT2D eigenvalue weighted by Gasteiger charge is -2.14. The second-order valence-electron chi connectivity index (χ2n) is 8.08. The molecule has 0 spiro atoms. The molecule has 0 aliphatic rings. The van der Waals surface area contributed by atoms with Gasteiger partial charge in [0.15, 0.2) is 6.10 Å². The predicted octanol–water partition coefficient (Wildman–Crippen LogP) is 7.62. The number of pyridine rings is 1. The molecule has 0 bridgehead atoms. The van der Waals surface area contributed by atoms with Gasteiger partial charge in [-0.2, -0.15) is 13.2 Å². The van der Waals surface area contributed by atoms with E-state index in [4.69, 9.17) is 30.5 Å². The number of alkyl halides is 3. The van der Waals surface area contributed by atoms with Crippen molar-refractivity contribution in [3.05, 3.63) is 106 Å². The molecule has 0 saturated carbocycles. The van der Waals surface area contributed by atoms with E-state index in [0.717, 1.165) is 12.1 Å². The van der Waals surface area contributed by atoms with Crippen LogP contribution in [0.1, 0.15) is 12.5 Å². The van der Waals surface area contributed by atoms with E-state index in [2.05, 4.69) is 4.98 Å². The number of carbonyl (C=O) groups is 1. The smallest absolute Gasteiger partial charge is 0.417 e. The first kappa shape index (κ1) is 28.2. The largest absolute Gasteiger partial charge is 0.479 e. The Bertz CT molecular complexity index is 1500. The number of rotatable bonds is 9. The molecule has 206 valence electrons. The van der Waals surface area contributed by atoms with Gasteiger partial charge < -0.3 is 18.9 Å². The molecule has 9 nitrogen and oxygen atoms in total. The van der Waals surface area contributed by atoms with E-state index < -0.39 is 28.7 Å². The molecule has 40 heavy (non-hydrogen) atoms. The Kier molecular flexibility index (Phi) is 8.39. The van der Waals surface area contributed by atoms with Crippen LogP contribution >= 0.6 is 11.6 Å². The first-order chi connectivity index (χ1) is 19.0. The van der Waals surface area contributed by atoms with Gasteiger partial charge in [0.05, 0.1) is 15.5 Å². The van der Waals surface area contributed by atoms with E-state index in [1.54, 1.807) is 0 Å². The second kappa shape index (κ2) is 11.9.